The van der Waals surface area contributed by atoms with Crippen molar-refractivity contribution >= 4 is 27.7 Å². The minimum Gasteiger partial charge on any atom is -0.378 e. The SMILES string of the molecule is CCCCC(C=O)(CCCC)N(C)S(=O)(=O)c1ccc(N(C)C)cc1Cc1cccc([N+](=O)[O-])c1. The highest BCUT2D eigenvalue weighted by molar-refractivity contribution is 7.89. The molecule has 8 nitrogen and oxygen atoms in total. The van der Waals surface area contributed by atoms with Crippen molar-refractivity contribution in [3.63, 3.8) is 0 Å². The maximum absolute atomic E-state index is 14.0. The number of nitrogens with zero attached hydrogens (tertiary/aromatic N) is 3. The Balaban J connectivity index is 2.62. The molecule has 0 saturated heterocycles. The molecule has 9 heteroatoms. The summed E-state index contributed by atoms with van der Waals surface area (Å²) in [6.45, 7) is 4.03. The van der Waals surface area contributed by atoms with Gasteiger partial charge in [0.1, 0.15) is 6.29 Å². The van der Waals surface area contributed by atoms with Crippen LogP contribution in [-0.4, -0.2) is 50.6 Å². The number of anilines is 1. The second-order valence-corrected chi connectivity index (χ2v) is 11.1. The van der Waals surface area contributed by atoms with Crippen LogP contribution in [0, 0.1) is 10.1 Å². The minimum atomic E-state index is -4.04. The number of unbranched alkanes of at least 4 members (excludes halogenated alkanes) is 2. The molecular formula is C26H37N3O5S. The van der Waals surface area contributed by atoms with Gasteiger partial charge in [0.25, 0.3) is 5.69 Å². The van der Waals surface area contributed by atoms with E-state index in [-0.39, 0.29) is 17.0 Å². The van der Waals surface area contributed by atoms with Gasteiger partial charge < -0.3 is 9.69 Å². The zero-order valence-corrected chi connectivity index (χ0v) is 22.2. The first-order valence-corrected chi connectivity index (χ1v) is 13.4. The molecule has 2 rings (SSSR count). The van der Waals surface area contributed by atoms with Crippen molar-refractivity contribution in [2.75, 3.05) is 26.0 Å². The van der Waals surface area contributed by atoms with Crippen LogP contribution in [-0.2, 0) is 21.2 Å². The molecule has 35 heavy (non-hydrogen) atoms. The smallest absolute Gasteiger partial charge is 0.269 e. The highest BCUT2D eigenvalue weighted by atomic mass is 32.2. The Hall–Kier alpha value is -2.78. The first-order chi connectivity index (χ1) is 16.5. The Morgan fingerprint density at radius 3 is 2.14 bits per heavy atom. The zero-order valence-electron chi connectivity index (χ0n) is 21.4. The second-order valence-electron chi connectivity index (χ2n) is 9.19. The van der Waals surface area contributed by atoms with Gasteiger partial charge in [-0.2, -0.15) is 4.31 Å². The molecule has 0 aromatic heterocycles. The Labute approximate surface area is 209 Å². The van der Waals surface area contributed by atoms with Gasteiger partial charge in [-0.15, -0.1) is 0 Å². The van der Waals surface area contributed by atoms with Crippen LogP contribution >= 0.6 is 0 Å². The number of nitro groups is 1. The van der Waals surface area contributed by atoms with E-state index in [0.29, 0.717) is 24.0 Å². The lowest BCUT2D eigenvalue weighted by Gasteiger charge is -2.37. The summed E-state index contributed by atoms with van der Waals surface area (Å²) in [5, 5.41) is 11.2. The van der Waals surface area contributed by atoms with Crippen LogP contribution in [0.15, 0.2) is 47.4 Å². The lowest BCUT2D eigenvalue weighted by Crippen LogP contribution is -2.51. The van der Waals surface area contributed by atoms with Crippen molar-refractivity contribution < 1.29 is 18.1 Å². The van der Waals surface area contributed by atoms with Gasteiger partial charge in [-0.1, -0.05) is 51.7 Å². The van der Waals surface area contributed by atoms with E-state index in [1.165, 1.54) is 23.5 Å². The van der Waals surface area contributed by atoms with Crippen LogP contribution < -0.4 is 4.90 Å². The molecule has 0 aliphatic carbocycles. The molecule has 0 spiro atoms. The molecule has 0 amide bonds. The molecule has 0 saturated carbocycles. The number of aldehydes is 1. The maximum Gasteiger partial charge on any atom is 0.269 e. The number of carbonyl (C=O) groups excluding carboxylic acids is 1. The molecule has 0 bridgehead atoms. The predicted molar refractivity (Wildman–Crippen MR) is 139 cm³/mol. The fourth-order valence-corrected chi connectivity index (χ4v) is 5.92. The van der Waals surface area contributed by atoms with Crippen molar-refractivity contribution in [1.82, 2.24) is 4.31 Å². The largest absolute Gasteiger partial charge is 0.378 e. The Morgan fingerprint density at radius 2 is 1.63 bits per heavy atom. The Kier molecular flexibility index (Phi) is 9.97. The summed E-state index contributed by atoms with van der Waals surface area (Å²) in [6.07, 6.45) is 5.09. The monoisotopic (exact) mass is 503 g/mol. The Bertz CT molecular complexity index is 1120. The molecule has 2 aromatic rings. The van der Waals surface area contributed by atoms with Gasteiger partial charge in [-0.3, -0.25) is 10.1 Å². The fourth-order valence-electron chi connectivity index (χ4n) is 4.22. The van der Waals surface area contributed by atoms with Crippen molar-refractivity contribution in [1.29, 1.82) is 0 Å². The number of likely N-dealkylation sites (N-methyl/N-ethyl adjacent to an activating group) is 1. The Morgan fingerprint density at radius 1 is 1.00 bits per heavy atom. The average Bonchev–Trinajstić information content (AvgIpc) is 2.84. The lowest BCUT2D eigenvalue weighted by molar-refractivity contribution is -0.384. The molecule has 0 fully saturated rings. The van der Waals surface area contributed by atoms with E-state index in [4.69, 9.17) is 0 Å². The van der Waals surface area contributed by atoms with E-state index >= 15 is 0 Å². The number of nitro benzene ring substituents is 1. The normalized spacial score (nSPS) is 12.1. The van der Waals surface area contributed by atoms with Crippen LogP contribution in [0.4, 0.5) is 11.4 Å². The summed E-state index contributed by atoms with van der Waals surface area (Å²) in [5.74, 6) is 0. The van der Waals surface area contributed by atoms with Crippen LogP contribution in [0.25, 0.3) is 0 Å². The molecule has 0 aliphatic rings. The topological polar surface area (TPSA) is 101 Å². The summed E-state index contributed by atoms with van der Waals surface area (Å²) < 4.78 is 29.2. The molecule has 0 N–H and O–H groups in total. The first kappa shape index (κ1) is 28.5. The first-order valence-electron chi connectivity index (χ1n) is 12.0. The lowest BCUT2D eigenvalue weighted by atomic mass is 9.89. The standard InChI is InChI=1S/C26H37N3O5S/c1-6-8-15-26(20-30,16-9-7-2)28(5)35(33,34)25-14-13-23(27(3)4)19-22(25)17-21-11-10-12-24(18-21)29(31)32/h10-14,18-20H,6-9,15-17H2,1-5H3. The number of hydrogen-bond acceptors (Lipinski definition) is 6. The quantitative estimate of drug-likeness (QED) is 0.200. The van der Waals surface area contributed by atoms with E-state index in [0.717, 1.165) is 37.7 Å². The van der Waals surface area contributed by atoms with Crippen LogP contribution in [0.1, 0.15) is 63.5 Å². The third kappa shape index (κ3) is 6.67. The van der Waals surface area contributed by atoms with E-state index < -0.39 is 20.5 Å². The highest BCUT2D eigenvalue weighted by Gasteiger charge is 2.41. The van der Waals surface area contributed by atoms with Crippen LogP contribution in [0.5, 0.6) is 0 Å². The number of hydrogen-bond donors (Lipinski definition) is 0. The number of non-ortho nitro benzene ring substituents is 1. The summed E-state index contributed by atoms with van der Waals surface area (Å²) in [7, 11) is 1.17. The van der Waals surface area contributed by atoms with E-state index in [9.17, 15) is 23.3 Å². The fraction of sp³-hybridized carbons (Fsp3) is 0.500. The molecule has 0 heterocycles. The second kappa shape index (κ2) is 12.3. The number of carbonyl (C=O) groups is 1. The van der Waals surface area contributed by atoms with E-state index in [1.54, 1.807) is 30.3 Å². The molecular weight excluding hydrogens is 466 g/mol. The molecule has 192 valence electrons. The van der Waals surface area contributed by atoms with Gasteiger partial charge in [-0.25, -0.2) is 8.42 Å². The highest BCUT2D eigenvalue weighted by Crippen LogP contribution is 2.34. The van der Waals surface area contributed by atoms with Gasteiger partial charge in [0.05, 0.1) is 15.4 Å². The predicted octanol–water partition coefficient (Wildman–Crippen LogP) is 5.19. The summed E-state index contributed by atoms with van der Waals surface area (Å²) >= 11 is 0. The van der Waals surface area contributed by atoms with Crippen molar-refractivity contribution in [3.05, 3.63) is 63.7 Å². The number of benzene rings is 2. The van der Waals surface area contributed by atoms with E-state index in [1.807, 2.05) is 32.8 Å². The van der Waals surface area contributed by atoms with Crippen LogP contribution in [0.2, 0.25) is 0 Å². The number of sulfonamides is 1. The molecule has 0 unspecified atom stereocenters. The van der Waals surface area contributed by atoms with E-state index in [2.05, 4.69) is 0 Å². The van der Waals surface area contributed by atoms with Gasteiger partial charge in [-0.05, 0) is 48.6 Å². The maximum atomic E-state index is 14.0. The minimum absolute atomic E-state index is 0.0492. The van der Waals surface area contributed by atoms with Gasteiger partial charge in [0, 0.05) is 39.0 Å². The summed E-state index contributed by atoms with van der Waals surface area (Å²) in [5.41, 5.74) is 0.799. The van der Waals surface area contributed by atoms with Gasteiger partial charge in [0.2, 0.25) is 10.0 Å². The van der Waals surface area contributed by atoms with Crippen molar-refractivity contribution in [2.24, 2.45) is 0 Å². The molecule has 0 aliphatic heterocycles. The summed E-state index contributed by atoms with van der Waals surface area (Å²) in [4.78, 5) is 25.2. The number of rotatable bonds is 14. The van der Waals surface area contributed by atoms with Gasteiger partial charge in [0.15, 0.2) is 0 Å². The molecule has 0 radical (unpaired) electrons. The van der Waals surface area contributed by atoms with Crippen molar-refractivity contribution in [3.8, 4) is 0 Å². The zero-order chi connectivity index (χ0) is 26.2. The third-order valence-electron chi connectivity index (χ3n) is 6.49. The average molecular weight is 504 g/mol. The van der Waals surface area contributed by atoms with Crippen LogP contribution in [0.3, 0.4) is 0 Å². The third-order valence-corrected chi connectivity index (χ3v) is 8.53. The van der Waals surface area contributed by atoms with Gasteiger partial charge >= 0.3 is 0 Å². The summed E-state index contributed by atoms with van der Waals surface area (Å²) in [6, 6.07) is 11.3. The molecule has 0 atom stereocenters. The molecule has 2 aromatic carbocycles. The van der Waals surface area contributed by atoms with Crippen molar-refractivity contribution in [2.45, 2.75) is 69.2 Å².